The molecule has 0 bridgehead atoms. The van der Waals surface area contributed by atoms with Gasteiger partial charge < -0.3 is 5.32 Å². The molecule has 0 amide bonds. The molecule has 144 valence electrons. The molecule has 3 saturated heterocycles. The van der Waals surface area contributed by atoms with E-state index in [9.17, 15) is 0 Å². The average Bonchev–Trinajstić information content (AvgIpc) is 3.34. The Labute approximate surface area is 156 Å². The van der Waals surface area contributed by atoms with Gasteiger partial charge in [-0.05, 0) is 63.0 Å². The third-order valence-corrected chi connectivity index (χ3v) is 7.90. The minimum Gasteiger partial charge on any atom is -0.313 e. The van der Waals surface area contributed by atoms with Gasteiger partial charge in [-0.2, -0.15) is 17.2 Å². The highest BCUT2D eigenvalue weighted by atomic mass is 32.2. The molecule has 0 spiro atoms. The standard InChI is InChI=1S/C18H35N5OS/c1-12(21-16-11-19-8-9-20-16)13-4-6-14(7-5-13)17-22-18(24-23-17)15-3-2-10-25-15/h12-23H,2-11H2,1H3/t12-,13?,14?,15?,16?,17?,18?/m1/s1. The monoisotopic (exact) mass is 369 g/mol. The quantitative estimate of drug-likeness (QED) is 0.495. The molecule has 7 heteroatoms. The predicted octanol–water partition coefficient (Wildman–Crippen LogP) is 0.962. The van der Waals surface area contributed by atoms with E-state index in [4.69, 9.17) is 4.84 Å². The van der Waals surface area contributed by atoms with Gasteiger partial charge in [-0.15, -0.1) is 0 Å². The molecule has 5 atom stereocenters. The number of rotatable bonds is 5. The highest BCUT2D eigenvalue weighted by Crippen LogP contribution is 2.35. The molecule has 1 aliphatic carbocycles. The molecule has 4 fully saturated rings. The van der Waals surface area contributed by atoms with Crippen LogP contribution in [0.5, 0.6) is 0 Å². The maximum atomic E-state index is 5.87. The lowest BCUT2D eigenvalue weighted by Crippen LogP contribution is -2.58. The topological polar surface area (TPSA) is 69.4 Å². The highest BCUT2D eigenvalue weighted by Gasteiger charge is 2.38. The van der Waals surface area contributed by atoms with Gasteiger partial charge in [-0.25, -0.2) is 0 Å². The zero-order valence-electron chi connectivity index (χ0n) is 15.4. The van der Waals surface area contributed by atoms with E-state index >= 15 is 0 Å². The van der Waals surface area contributed by atoms with Crippen molar-refractivity contribution in [3.8, 4) is 0 Å². The van der Waals surface area contributed by atoms with Crippen LogP contribution in [0, 0.1) is 11.8 Å². The summed E-state index contributed by atoms with van der Waals surface area (Å²) in [7, 11) is 0. The first kappa shape index (κ1) is 18.5. The first-order valence-electron chi connectivity index (χ1n) is 10.3. The van der Waals surface area contributed by atoms with E-state index in [1.54, 1.807) is 0 Å². The van der Waals surface area contributed by atoms with E-state index in [2.05, 4.69) is 45.4 Å². The molecule has 0 radical (unpaired) electrons. The number of hydroxylamine groups is 1. The van der Waals surface area contributed by atoms with Gasteiger partial charge >= 0.3 is 0 Å². The molecule has 5 N–H and O–H groups in total. The van der Waals surface area contributed by atoms with Crippen molar-refractivity contribution >= 4 is 11.8 Å². The van der Waals surface area contributed by atoms with E-state index < -0.39 is 0 Å². The van der Waals surface area contributed by atoms with Gasteiger partial charge in [0, 0.05) is 30.9 Å². The molecule has 4 aliphatic rings. The van der Waals surface area contributed by atoms with Crippen molar-refractivity contribution in [3.63, 3.8) is 0 Å². The van der Waals surface area contributed by atoms with Gasteiger partial charge in [0.1, 0.15) is 6.23 Å². The van der Waals surface area contributed by atoms with E-state index in [1.807, 2.05) is 0 Å². The predicted molar refractivity (Wildman–Crippen MR) is 103 cm³/mol. The Morgan fingerprint density at radius 2 is 2.00 bits per heavy atom. The Balaban J connectivity index is 1.19. The van der Waals surface area contributed by atoms with Crippen molar-refractivity contribution < 1.29 is 4.84 Å². The van der Waals surface area contributed by atoms with Crippen LogP contribution in [-0.4, -0.2) is 55.2 Å². The van der Waals surface area contributed by atoms with Crippen LogP contribution >= 0.6 is 11.8 Å². The second kappa shape index (κ2) is 8.87. The maximum Gasteiger partial charge on any atom is 0.142 e. The Hall–Kier alpha value is 0.110. The lowest BCUT2D eigenvalue weighted by Gasteiger charge is -2.37. The molecule has 3 heterocycles. The van der Waals surface area contributed by atoms with E-state index in [0.29, 0.717) is 29.5 Å². The fourth-order valence-corrected chi connectivity index (χ4v) is 6.13. The van der Waals surface area contributed by atoms with Gasteiger partial charge in [0.25, 0.3) is 0 Å². The molecule has 0 aromatic carbocycles. The summed E-state index contributed by atoms with van der Waals surface area (Å²) in [4.78, 5) is 5.87. The maximum absolute atomic E-state index is 5.87. The Kier molecular flexibility index (Phi) is 6.55. The summed E-state index contributed by atoms with van der Waals surface area (Å²) in [5.74, 6) is 2.79. The van der Waals surface area contributed by atoms with Crippen molar-refractivity contribution in [2.45, 2.75) is 75.3 Å². The fourth-order valence-electron chi connectivity index (χ4n) is 4.85. The van der Waals surface area contributed by atoms with E-state index in [0.717, 1.165) is 25.6 Å². The van der Waals surface area contributed by atoms with Crippen LogP contribution in [0.3, 0.4) is 0 Å². The molecule has 3 aliphatic heterocycles. The van der Waals surface area contributed by atoms with Crippen LogP contribution < -0.4 is 26.7 Å². The summed E-state index contributed by atoms with van der Waals surface area (Å²) in [6.07, 6.45) is 8.85. The second-order valence-electron chi connectivity index (χ2n) is 8.19. The molecular formula is C18H35N5OS. The van der Waals surface area contributed by atoms with Crippen LogP contribution in [0.1, 0.15) is 45.4 Å². The number of hydrogen-bond acceptors (Lipinski definition) is 7. The summed E-state index contributed by atoms with van der Waals surface area (Å²) >= 11 is 2.06. The summed E-state index contributed by atoms with van der Waals surface area (Å²) in [5, 5.41) is 15.2. The van der Waals surface area contributed by atoms with Crippen LogP contribution in [0.15, 0.2) is 0 Å². The summed E-state index contributed by atoms with van der Waals surface area (Å²) in [6.45, 7) is 5.55. The number of hydrogen-bond donors (Lipinski definition) is 5. The van der Waals surface area contributed by atoms with Crippen molar-refractivity contribution in [1.29, 1.82) is 0 Å². The van der Waals surface area contributed by atoms with Gasteiger partial charge in [-0.3, -0.25) is 20.8 Å². The molecule has 6 nitrogen and oxygen atoms in total. The molecule has 4 rings (SSSR count). The van der Waals surface area contributed by atoms with Gasteiger partial charge in [0.15, 0.2) is 0 Å². The smallest absolute Gasteiger partial charge is 0.142 e. The largest absolute Gasteiger partial charge is 0.313 e. The van der Waals surface area contributed by atoms with Crippen LogP contribution in [-0.2, 0) is 4.84 Å². The number of nitrogens with one attached hydrogen (secondary N) is 5. The Bertz CT molecular complexity index is 408. The number of thioether (sulfide) groups is 1. The van der Waals surface area contributed by atoms with E-state index in [1.165, 1.54) is 44.3 Å². The summed E-state index contributed by atoms with van der Waals surface area (Å²) in [5.41, 5.74) is 3.30. The van der Waals surface area contributed by atoms with E-state index in [-0.39, 0.29) is 6.23 Å². The van der Waals surface area contributed by atoms with Crippen LogP contribution in [0.4, 0.5) is 0 Å². The summed E-state index contributed by atoms with van der Waals surface area (Å²) < 4.78 is 0. The molecular weight excluding hydrogens is 334 g/mol. The van der Waals surface area contributed by atoms with Gasteiger partial charge in [0.2, 0.25) is 0 Å². The fraction of sp³-hybridized carbons (Fsp3) is 1.00. The first-order chi connectivity index (χ1) is 12.3. The van der Waals surface area contributed by atoms with Gasteiger partial charge in [-0.1, -0.05) is 0 Å². The lowest BCUT2D eigenvalue weighted by atomic mass is 9.77. The van der Waals surface area contributed by atoms with Crippen molar-refractivity contribution in [2.75, 3.05) is 25.4 Å². The minimum absolute atomic E-state index is 0.209. The molecule has 4 unspecified atom stereocenters. The first-order valence-corrected chi connectivity index (χ1v) is 11.3. The summed E-state index contributed by atoms with van der Waals surface area (Å²) in [6, 6.07) is 0.585. The normalized spacial score (nSPS) is 44.0. The van der Waals surface area contributed by atoms with Crippen molar-refractivity contribution in [1.82, 2.24) is 26.7 Å². The highest BCUT2D eigenvalue weighted by molar-refractivity contribution is 8.00. The molecule has 0 aromatic rings. The van der Waals surface area contributed by atoms with Crippen LogP contribution in [0.2, 0.25) is 0 Å². The van der Waals surface area contributed by atoms with Crippen molar-refractivity contribution in [2.24, 2.45) is 11.8 Å². The van der Waals surface area contributed by atoms with Gasteiger partial charge in [0.05, 0.1) is 12.3 Å². The SMILES string of the molecule is C[C@@H](NC1CNCCN1)C1CCC(C2NOC(C3CCCS3)N2)CC1. The number of piperazine rings is 1. The third kappa shape index (κ3) is 4.69. The molecule has 0 aromatic heterocycles. The Morgan fingerprint density at radius 3 is 2.72 bits per heavy atom. The lowest BCUT2D eigenvalue weighted by molar-refractivity contribution is 0.0145. The molecule has 1 saturated carbocycles. The zero-order chi connectivity index (χ0) is 17.1. The Morgan fingerprint density at radius 1 is 1.12 bits per heavy atom. The van der Waals surface area contributed by atoms with Crippen molar-refractivity contribution in [3.05, 3.63) is 0 Å². The third-order valence-electron chi connectivity index (χ3n) is 6.47. The second-order valence-corrected chi connectivity index (χ2v) is 9.54. The minimum atomic E-state index is 0.209. The van der Waals surface area contributed by atoms with Crippen LogP contribution in [0.25, 0.3) is 0 Å². The average molecular weight is 370 g/mol. The molecule has 25 heavy (non-hydrogen) atoms. The zero-order valence-corrected chi connectivity index (χ0v) is 16.2.